The summed E-state index contributed by atoms with van der Waals surface area (Å²) in [4.78, 5) is 0. The standard InChI is InChI=1S/C17H24O2/c1-3-4-5-7-16-8-6-9-17(19-16)14-10-12-15(18-2)13-11-14/h6,9-13,16-17H,3-5,7-8H2,1-2H3/t16-,17-/m0/s1. The summed E-state index contributed by atoms with van der Waals surface area (Å²) in [7, 11) is 1.69. The number of unbranched alkanes of at least 4 members (excludes halogenated alkanes) is 2. The monoisotopic (exact) mass is 260 g/mol. The lowest BCUT2D eigenvalue weighted by atomic mass is 10.0. The molecule has 1 heterocycles. The first kappa shape index (κ1) is 14.1. The Balaban J connectivity index is 1.92. The molecule has 0 saturated carbocycles. The molecule has 2 heteroatoms. The third-order valence-corrected chi connectivity index (χ3v) is 3.62. The van der Waals surface area contributed by atoms with Crippen molar-refractivity contribution in [2.45, 2.75) is 51.2 Å². The van der Waals surface area contributed by atoms with Gasteiger partial charge in [-0.3, -0.25) is 0 Å². The topological polar surface area (TPSA) is 18.5 Å². The molecule has 1 aliphatic heterocycles. The third kappa shape index (κ3) is 4.10. The minimum Gasteiger partial charge on any atom is -0.497 e. The fraction of sp³-hybridized carbons (Fsp3) is 0.529. The minimum atomic E-state index is 0.103. The van der Waals surface area contributed by atoms with Gasteiger partial charge in [-0.1, -0.05) is 50.5 Å². The van der Waals surface area contributed by atoms with Gasteiger partial charge in [-0.15, -0.1) is 0 Å². The molecular weight excluding hydrogens is 236 g/mol. The number of rotatable bonds is 6. The van der Waals surface area contributed by atoms with Crippen molar-refractivity contribution in [1.29, 1.82) is 0 Å². The van der Waals surface area contributed by atoms with Crippen LogP contribution in [-0.4, -0.2) is 13.2 Å². The Morgan fingerprint density at radius 1 is 1.21 bits per heavy atom. The highest BCUT2D eigenvalue weighted by Crippen LogP contribution is 2.29. The van der Waals surface area contributed by atoms with Crippen LogP contribution in [0.15, 0.2) is 36.4 Å². The van der Waals surface area contributed by atoms with Gasteiger partial charge < -0.3 is 9.47 Å². The largest absolute Gasteiger partial charge is 0.497 e. The molecule has 2 atom stereocenters. The normalized spacial score (nSPS) is 22.4. The number of hydrogen-bond donors (Lipinski definition) is 0. The van der Waals surface area contributed by atoms with Gasteiger partial charge in [-0.2, -0.15) is 0 Å². The summed E-state index contributed by atoms with van der Waals surface area (Å²) in [5.74, 6) is 0.892. The number of hydrogen-bond acceptors (Lipinski definition) is 2. The summed E-state index contributed by atoms with van der Waals surface area (Å²) < 4.78 is 11.3. The quantitative estimate of drug-likeness (QED) is 0.547. The Hall–Kier alpha value is -1.28. The lowest BCUT2D eigenvalue weighted by Gasteiger charge is -2.26. The van der Waals surface area contributed by atoms with Gasteiger partial charge in [0.25, 0.3) is 0 Å². The van der Waals surface area contributed by atoms with E-state index >= 15 is 0 Å². The Morgan fingerprint density at radius 2 is 2.00 bits per heavy atom. The van der Waals surface area contributed by atoms with Gasteiger partial charge in [0.15, 0.2) is 0 Å². The molecule has 0 N–H and O–H groups in total. The number of benzene rings is 1. The Morgan fingerprint density at radius 3 is 2.68 bits per heavy atom. The molecule has 0 aromatic heterocycles. The second-order valence-corrected chi connectivity index (χ2v) is 5.11. The number of methoxy groups -OCH3 is 1. The van der Waals surface area contributed by atoms with Crippen molar-refractivity contribution < 1.29 is 9.47 Å². The predicted molar refractivity (Wildman–Crippen MR) is 78.5 cm³/mol. The van der Waals surface area contributed by atoms with E-state index in [1.54, 1.807) is 7.11 Å². The van der Waals surface area contributed by atoms with Crippen molar-refractivity contribution in [1.82, 2.24) is 0 Å². The fourth-order valence-electron chi connectivity index (χ4n) is 2.45. The van der Waals surface area contributed by atoms with E-state index in [2.05, 4.69) is 31.2 Å². The van der Waals surface area contributed by atoms with E-state index in [0.717, 1.165) is 12.2 Å². The summed E-state index contributed by atoms with van der Waals surface area (Å²) >= 11 is 0. The Bertz CT molecular complexity index is 394. The van der Waals surface area contributed by atoms with E-state index < -0.39 is 0 Å². The van der Waals surface area contributed by atoms with Crippen LogP contribution in [0.5, 0.6) is 5.75 Å². The van der Waals surface area contributed by atoms with Crippen LogP contribution in [0.3, 0.4) is 0 Å². The van der Waals surface area contributed by atoms with Crippen LogP contribution < -0.4 is 4.74 Å². The maximum absolute atomic E-state index is 6.16. The van der Waals surface area contributed by atoms with Crippen LogP contribution in [-0.2, 0) is 4.74 Å². The second-order valence-electron chi connectivity index (χ2n) is 5.11. The molecule has 0 fully saturated rings. The zero-order valence-electron chi connectivity index (χ0n) is 12.0. The van der Waals surface area contributed by atoms with Gasteiger partial charge in [-0.25, -0.2) is 0 Å². The van der Waals surface area contributed by atoms with Crippen molar-refractivity contribution in [2.24, 2.45) is 0 Å². The average molecular weight is 260 g/mol. The number of ether oxygens (including phenoxy) is 2. The molecule has 2 nitrogen and oxygen atoms in total. The SMILES string of the molecule is CCCCC[C@H]1CC=C[C@@H](c2ccc(OC)cc2)O1. The lowest BCUT2D eigenvalue weighted by molar-refractivity contribution is -0.000774. The molecule has 0 spiro atoms. The summed E-state index contributed by atoms with van der Waals surface area (Å²) in [6.07, 6.45) is 11.0. The van der Waals surface area contributed by atoms with Gasteiger partial charge in [0, 0.05) is 0 Å². The van der Waals surface area contributed by atoms with E-state index in [-0.39, 0.29) is 6.10 Å². The van der Waals surface area contributed by atoms with Crippen LogP contribution in [0.25, 0.3) is 0 Å². The van der Waals surface area contributed by atoms with Crippen molar-refractivity contribution >= 4 is 0 Å². The van der Waals surface area contributed by atoms with E-state index in [1.807, 2.05) is 12.1 Å². The average Bonchev–Trinajstić information content (AvgIpc) is 2.48. The summed E-state index contributed by atoms with van der Waals surface area (Å²) in [5.41, 5.74) is 1.21. The van der Waals surface area contributed by atoms with Gasteiger partial charge in [0.05, 0.1) is 13.2 Å². The molecule has 1 aliphatic rings. The van der Waals surface area contributed by atoms with Gasteiger partial charge >= 0.3 is 0 Å². The molecule has 0 bridgehead atoms. The van der Waals surface area contributed by atoms with Crippen molar-refractivity contribution in [3.05, 3.63) is 42.0 Å². The Labute approximate surface area is 116 Å². The molecule has 1 aromatic rings. The third-order valence-electron chi connectivity index (χ3n) is 3.62. The van der Waals surface area contributed by atoms with Crippen LogP contribution >= 0.6 is 0 Å². The second kappa shape index (κ2) is 7.34. The minimum absolute atomic E-state index is 0.103. The zero-order chi connectivity index (χ0) is 13.5. The molecule has 2 rings (SSSR count). The van der Waals surface area contributed by atoms with Gasteiger partial charge in [0.2, 0.25) is 0 Å². The fourth-order valence-corrected chi connectivity index (χ4v) is 2.45. The summed E-state index contributed by atoms with van der Waals surface area (Å²) in [5, 5.41) is 0. The van der Waals surface area contributed by atoms with Crippen molar-refractivity contribution in [3.63, 3.8) is 0 Å². The first-order valence-corrected chi connectivity index (χ1v) is 7.29. The smallest absolute Gasteiger partial charge is 0.118 e. The molecule has 0 aliphatic carbocycles. The zero-order valence-corrected chi connectivity index (χ0v) is 12.0. The highest BCUT2D eigenvalue weighted by Gasteiger charge is 2.19. The summed E-state index contributed by atoms with van der Waals surface area (Å²) in [6.45, 7) is 2.24. The molecular formula is C17H24O2. The highest BCUT2D eigenvalue weighted by atomic mass is 16.5. The summed E-state index contributed by atoms with van der Waals surface area (Å²) in [6, 6.07) is 8.16. The molecule has 19 heavy (non-hydrogen) atoms. The lowest BCUT2D eigenvalue weighted by Crippen LogP contribution is -2.19. The molecule has 0 amide bonds. The van der Waals surface area contributed by atoms with Gasteiger partial charge in [-0.05, 0) is 30.5 Å². The molecule has 0 saturated heterocycles. The molecule has 1 aromatic carbocycles. The van der Waals surface area contributed by atoms with E-state index in [4.69, 9.17) is 9.47 Å². The van der Waals surface area contributed by atoms with Crippen LogP contribution in [0.2, 0.25) is 0 Å². The maximum Gasteiger partial charge on any atom is 0.118 e. The van der Waals surface area contributed by atoms with Crippen LogP contribution in [0, 0.1) is 0 Å². The van der Waals surface area contributed by atoms with Crippen LogP contribution in [0.1, 0.15) is 50.7 Å². The van der Waals surface area contributed by atoms with Crippen LogP contribution in [0.4, 0.5) is 0 Å². The van der Waals surface area contributed by atoms with Crippen molar-refractivity contribution in [2.75, 3.05) is 7.11 Å². The van der Waals surface area contributed by atoms with E-state index in [1.165, 1.54) is 31.2 Å². The highest BCUT2D eigenvalue weighted by molar-refractivity contribution is 5.30. The first-order valence-electron chi connectivity index (χ1n) is 7.29. The van der Waals surface area contributed by atoms with Gasteiger partial charge in [0.1, 0.15) is 11.9 Å². The predicted octanol–water partition coefficient (Wildman–Crippen LogP) is 4.66. The Kier molecular flexibility index (Phi) is 5.46. The van der Waals surface area contributed by atoms with E-state index in [0.29, 0.717) is 6.10 Å². The molecule has 0 radical (unpaired) electrons. The molecule has 104 valence electrons. The molecule has 0 unspecified atom stereocenters. The van der Waals surface area contributed by atoms with E-state index in [9.17, 15) is 0 Å². The van der Waals surface area contributed by atoms with Crippen molar-refractivity contribution in [3.8, 4) is 5.75 Å². The maximum atomic E-state index is 6.16. The first-order chi connectivity index (χ1) is 9.33.